The third kappa shape index (κ3) is 4.24. The molecule has 5 nitrogen and oxygen atoms in total. The van der Waals surface area contributed by atoms with Crippen molar-refractivity contribution in [1.82, 2.24) is 0 Å². The van der Waals surface area contributed by atoms with Gasteiger partial charge in [0.05, 0.1) is 12.7 Å². The fraction of sp³-hybridized carbons (Fsp3) is 0.250. The molecule has 7 heteroatoms. The molecule has 0 aliphatic heterocycles. The van der Waals surface area contributed by atoms with Crippen LogP contribution in [0.1, 0.15) is 22.8 Å². The van der Waals surface area contributed by atoms with E-state index in [0.717, 1.165) is 5.56 Å². The van der Waals surface area contributed by atoms with E-state index in [4.69, 9.17) is 16.3 Å². The summed E-state index contributed by atoms with van der Waals surface area (Å²) in [6.45, 7) is 3.48. The van der Waals surface area contributed by atoms with Gasteiger partial charge in [0.2, 0.25) is 0 Å². The molecule has 0 aliphatic rings. The van der Waals surface area contributed by atoms with Crippen LogP contribution >= 0.6 is 22.9 Å². The predicted molar refractivity (Wildman–Crippen MR) is 90.6 cm³/mol. The molecule has 0 fully saturated rings. The Labute approximate surface area is 143 Å². The van der Waals surface area contributed by atoms with Gasteiger partial charge in [-0.2, -0.15) is 0 Å². The van der Waals surface area contributed by atoms with Crippen LogP contribution in [-0.2, 0) is 9.53 Å². The van der Waals surface area contributed by atoms with Crippen molar-refractivity contribution in [3.8, 4) is 5.75 Å². The van der Waals surface area contributed by atoms with Gasteiger partial charge >= 0.3 is 5.97 Å². The zero-order chi connectivity index (χ0) is 17.0. The number of thiophene rings is 1. The quantitative estimate of drug-likeness (QED) is 0.828. The van der Waals surface area contributed by atoms with E-state index in [0.29, 0.717) is 21.3 Å². The summed E-state index contributed by atoms with van der Waals surface area (Å²) in [7, 11) is 1.29. The lowest BCUT2D eigenvalue weighted by atomic mass is 10.2. The minimum atomic E-state index is -0.734. The van der Waals surface area contributed by atoms with Crippen LogP contribution in [0.2, 0.25) is 5.02 Å². The highest BCUT2D eigenvalue weighted by atomic mass is 35.5. The molecule has 122 valence electrons. The van der Waals surface area contributed by atoms with E-state index in [1.165, 1.54) is 18.4 Å². The maximum Gasteiger partial charge on any atom is 0.340 e. The van der Waals surface area contributed by atoms with Crippen molar-refractivity contribution in [2.75, 3.05) is 12.4 Å². The predicted octanol–water partition coefficient (Wildman–Crippen LogP) is 3.90. The van der Waals surface area contributed by atoms with Gasteiger partial charge in [-0.1, -0.05) is 11.6 Å². The van der Waals surface area contributed by atoms with E-state index in [2.05, 4.69) is 10.1 Å². The fourth-order valence-corrected chi connectivity index (χ4v) is 2.88. The Morgan fingerprint density at radius 3 is 2.70 bits per heavy atom. The van der Waals surface area contributed by atoms with Crippen LogP contribution in [0.4, 0.5) is 5.00 Å². The summed E-state index contributed by atoms with van der Waals surface area (Å²) in [6, 6.07) is 6.77. The largest absolute Gasteiger partial charge is 0.481 e. The summed E-state index contributed by atoms with van der Waals surface area (Å²) in [6.07, 6.45) is -0.734. The summed E-state index contributed by atoms with van der Waals surface area (Å²) in [4.78, 5) is 23.9. The Bertz CT molecular complexity index is 729. The van der Waals surface area contributed by atoms with Crippen molar-refractivity contribution in [3.05, 3.63) is 45.8 Å². The average Bonchev–Trinajstić information content (AvgIpc) is 2.97. The number of nitrogens with one attached hydrogen (secondary N) is 1. The zero-order valence-corrected chi connectivity index (χ0v) is 14.5. The van der Waals surface area contributed by atoms with Gasteiger partial charge in [0.25, 0.3) is 5.91 Å². The van der Waals surface area contributed by atoms with Crippen LogP contribution in [0.5, 0.6) is 5.75 Å². The van der Waals surface area contributed by atoms with E-state index in [-0.39, 0.29) is 5.91 Å². The molecule has 1 amide bonds. The van der Waals surface area contributed by atoms with E-state index in [1.807, 2.05) is 6.92 Å². The number of carbonyl (C=O) groups excluding carboxylic acids is 2. The molecule has 1 unspecified atom stereocenters. The number of rotatable bonds is 5. The number of benzene rings is 1. The molecule has 0 spiro atoms. The zero-order valence-electron chi connectivity index (χ0n) is 12.9. The smallest absolute Gasteiger partial charge is 0.340 e. The molecule has 0 aliphatic carbocycles. The first-order valence-electron chi connectivity index (χ1n) is 6.82. The molecule has 1 N–H and O–H groups in total. The van der Waals surface area contributed by atoms with E-state index >= 15 is 0 Å². The van der Waals surface area contributed by atoms with Crippen molar-refractivity contribution < 1.29 is 19.1 Å². The molecular weight excluding hydrogens is 338 g/mol. The number of esters is 1. The number of methoxy groups -OCH3 is 1. The highest BCUT2D eigenvalue weighted by Crippen LogP contribution is 2.26. The van der Waals surface area contributed by atoms with Gasteiger partial charge in [-0.3, -0.25) is 4.79 Å². The van der Waals surface area contributed by atoms with E-state index < -0.39 is 12.1 Å². The molecule has 1 atom stereocenters. The second kappa shape index (κ2) is 7.48. The van der Waals surface area contributed by atoms with Gasteiger partial charge in [0.15, 0.2) is 6.10 Å². The molecule has 0 saturated carbocycles. The summed E-state index contributed by atoms with van der Waals surface area (Å²) < 4.78 is 10.3. The number of anilines is 1. The summed E-state index contributed by atoms with van der Waals surface area (Å²) in [5, 5.41) is 5.43. The lowest BCUT2D eigenvalue weighted by Crippen LogP contribution is -2.30. The third-order valence-electron chi connectivity index (χ3n) is 3.12. The van der Waals surface area contributed by atoms with Crippen LogP contribution in [0, 0.1) is 6.92 Å². The van der Waals surface area contributed by atoms with Gasteiger partial charge in [-0.25, -0.2) is 4.79 Å². The van der Waals surface area contributed by atoms with Crippen molar-refractivity contribution >= 4 is 39.8 Å². The van der Waals surface area contributed by atoms with E-state index in [1.54, 1.807) is 36.6 Å². The van der Waals surface area contributed by atoms with Crippen molar-refractivity contribution in [3.63, 3.8) is 0 Å². The number of ether oxygens (including phenoxy) is 2. The topological polar surface area (TPSA) is 64.6 Å². The third-order valence-corrected chi connectivity index (χ3v) is 4.18. The Morgan fingerprint density at radius 1 is 1.30 bits per heavy atom. The van der Waals surface area contributed by atoms with Crippen LogP contribution in [-0.4, -0.2) is 25.1 Å². The SMILES string of the molecule is COC(=O)c1ccsc1NC(=O)C(C)Oc1ccc(Cl)cc1C. The van der Waals surface area contributed by atoms with Crippen LogP contribution in [0.15, 0.2) is 29.6 Å². The van der Waals surface area contributed by atoms with Crippen LogP contribution in [0.3, 0.4) is 0 Å². The monoisotopic (exact) mass is 353 g/mol. The number of aryl methyl sites for hydroxylation is 1. The molecule has 2 aromatic rings. The molecule has 1 heterocycles. The number of carbonyl (C=O) groups is 2. The number of hydrogen-bond acceptors (Lipinski definition) is 5. The maximum absolute atomic E-state index is 12.2. The van der Waals surface area contributed by atoms with E-state index in [9.17, 15) is 9.59 Å². The van der Waals surface area contributed by atoms with Crippen LogP contribution < -0.4 is 10.1 Å². The second-order valence-electron chi connectivity index (χ2n) is 4.81. The Kier molecular flexibility index (Phi) is 5.63. The minimum absolute atomic E-state index is 0.320. The van der Waals surface area contributed by atoms with Crippen molar-refractivity contribution in [2.45, 2.75) is 20.0 Å². The number of amides is 1. The minimum Gasteiger partial charge on any atom is -0.481 e. The number of halogens is 1. The Hall–Kier alpha value is -2.05. The lowest BCUT2D eigenvalue weighted by molar-refractivity contribution is -0.122. The summed E-state index contributed by atoms with van der Waals surface area (Å²) in [5.41, 5.74) is 1.16. The molecule has 0 bridgehead atoms. The molecular formula is C16H16ClNO4S. The summed E-state index contributed by atoms with van der Waals surface area (Å²) >= 11 is 7.14. The van der Waals surface area contributed by atoms with Gasteiger partial charge in [0, 0.05) is 5.02 Å². The van der Waals surface area contributed by atoms with Crippen molar-refractivity contribution in [1.29, 1.82) is 0 Å². The first kappa shape index (κ1) is 17.3. The standard InChI is InChI=1S/C16H16ClNO4S/c1-9-8-11(17)4-5-13(9)22-10(2)14(19)18-15-12(6-7-23-15)16(20)21-3/h4-8,10H,1-3H3,(H,18,19). The summed E-state index contributed by atoms with van der Waals surface area (Å²) in [5.74, 6) is -0.271. The molecule has 0 radical (unpaired) electrons. The second-order valence-corrected chi connectivity index (χ2v) is 6.17. The van der Waals surface area contributed by atoms with Gasteiger partial charge in [0.1, 0.15) is 10.8 Å². The van der Waals surface area contributed by atoms with Gasteiger partial charge in [-0.15, -0.1) is 11.3 Å². The van der Waals surface area contributed by atoms with Gasteiger partial charge < -0.3 is 14.8 Å². The lowest BCUT2D eigenvalue weighted by Gasteiger charge is -2.16. The fourth-order valence-electron chi connectivity index (χ4n) is 1.88. The molecule has 1 aromatic carbocycles. The molecule has 23 heavy (non-hydrogen) atoms. The molecule has 1 aromatic heterocycles. The van der Waals surface area contributed by atoms with Gasteiger partial charge in [-0.05, 0) is 49.1 Å². The Balaban J connectivity index is 2.06. The number of hydrogen-bond donors (Lipinski definition) is 1. The highest BCUT2D eigenvalue weighted by Gasteiger charge is 2.20. The molecule has 2 rings (SSSR count). The average molecular weight is 354 g/mol. The first-order valence-corrected chi connectivity index (χ1v) is 8.07. The first-order chi connectivity index (χ1) is 10.9. The maximum atomic E-state index is 12.2. The van der Waals surface area contributed by atoms with Crippen LogP contribution in [0.25, 0.3) is 0 Å². The normalized spacial score (nSPS) is 11.7. The highest BCUT2D eigenvalue weighted by molar-refractivity contribution is 7.14. The van der Waals surface area contributed by atoms with Crippen molar-refractivity contribution in [2.24, 2.45) is 0 Å². The molecule has 0 saturated heterocycles. The Morgan fingerprint density at radius 2 is 2.04 bits per heavy atom.